The zero-order valence-corrected chi connectivity index (χ0v) is 16.5. The van der Waals surface area contributed by atoms with Crippen molar-refractivity contribution in [3.8, 4) is 5.75 Å². The Morgan fingerprint density at radius 1 is 1.15 bits per heavy atom. The molecule has 1 saturated heterocycles. The highest BCUT2D eigenvalue weighted by Crippen LogP contribution is 2.20. The van der Waals surface area contributed by atoms with Crippen molar-refractivity contribution in [2.24, 2.45) is 0 Å². The minimum Gasteiger partial charge on any atom is -0.494 e. The Bertz CT molecular complexity index is 686. The van der Waals surface area contributed by atoms with E-state index in [9.17, 15) is 5.11 Å². The number of aliphatic hydroxyl groups excluding tert-OH is 1. The predicted octanol–water partition coefficient (Wildman–Crippen LogP) is 2.37. The summed E-state index contributed by atoms with van der Waals surface area (Å²) >= 11 is 0. The maximum absolute atomic E-state index is 9.54. The number of hydrogen-bond acceptors (Lipinski definition) is 5. The number of ether oxygens (including phenoxy) is 1. The molecule has 0 spiro atoms. The summed E-state index contributed by atoms with van der Waals surface area (Å²) in [5.41, 5.74) is 1.29. The smallest absolute Gasteiger partial charge is 0.122 e. The normalized spacial score (nSPS) is 18.7. The van der Waals surface area contributed by atoms with Gasteiger partial charge in [0.15, 0.2) is 0 Å². The second kappa shape index (κ2) is 9.88. The van der Waals surface area contributed by atoms with E-state index in [4.69, 9.17) is 4.74 Å². The van der Waals surface area contributed by atoms with E-state index in [-0.39, 0.29) is 6.61 Å². The lowest BCUT2D eigenvalue weighted by atomic mass is 10.1. The van der Waals surface area contributed by atoms with Crippen molar-refractivity contribution in [3.05, 3.63) is 48.0 Å². The van der Waals surface area contributed by atoms with E-state index in [1.807, 2.05) is 31.5 Å². The third kappa shape index (κ3) is 5.31. The van der Waals surface area contributed by atoms with Gasteiger partial charge >= 0.3 is 0 Å². The number of piperazine rings is 1. The van der Waals surface area contributed by atoms with Crippen LogP contribution < -0.4 is 4.74 Å². The van der Waals surface area contributed by atoms with Gasteiger partial charge in [0, 0.05) is 57.8 Å². The van der Waals surface area contributed by atoms with Gasteiger partial charge in [-0.2, -0.15) is 0 Å². The molecule has 2 aromatic rings. The molecule has 1 aliphatic heterocycles. The summed E-state index contributed by atoms with van der Waals surface area (Å²) in [4.78, 5) is 9.47. The Balaban J connectivity index is 1.60. The van der Waals surface area contributed by atoms with Crippen LogP contribution in [0.2, 0.25) is 0 Å². The van der Waals surface area contributed by atoms with E-state index in [2.05, 4.69) is 38.4 Å². The van der Waals surface area contributed by atoms with Crippen molar-refractivity contribution in [2.45, 2.75) is 45.9 Å². The highest BCUT2D eigenvalue weighted by molar-refractivity contribution is 5.27. The standard InChI is InChI=1S/C21H32N4O2/c1-3-24-11-10-22-21(24)17-23-12-13-25(19(16-23)9-14-26)15-18-5-7-20(8-6-18)27-4-2/h5-8,10-11,19,26H,3-4,9,12-17H2,1-2H3/t19-/m1/s1. The minimum atomic E-state index is 0.224. The van der Waals surface area contributed by atoms with Gasteiger partial charge in [-0.1, -0.05) is 12.1 Å². The van der Waals surface area contributed by atoms with E-state index in [0.29, 0.717) is 12.6 Å². The molecule has 6 nitrogen and oxygen atoms in total. The molecule has 0 aliphatic carbocycles. The third-order valence-electron chi connectivity index (χ3n) is 5.28. The first kappa shape index (κ1) is 19.9. The van der Waals surface area contributed by atoms with Crippen molar-refractivity contribution in [1.82, 2.24) is 19.4 Å². The van der Waals surface area contributed by atoms with E-state index >= 15 is 0 Å². The SMILES string of the molecule is CCOc1ccc(CN2CCN(Cc3nccn3CC)C[C@H]2CCO)cc1. The number of imidazole rings is 1. The van der Waals surface area contributed by atoms with Crippen LogP contribution in [0.25, 0.3) is 0 Å². The summed E-state index contributed by atoms with van der Waals surface area (Å²) in [5.74, 6) is 2.05. The van der Waals surface area contributed by atoms with Gasteiger partial charge in [0.1, 0.15) is 11.6 Å². The number of aryl methyl sites for hydroxylation is 1. The molecule has 1 atom stereocenters. The zero-order chi connectivity index (χ0) is 19.1. The molecule has 0 bridgehead atoms. The molecule has 1 N–H and O–H groups in total. The lowest BCUT2D eigenvalue weighted by Gasteiger charge is -2.41. The van der Waals surface area contributed by atoms with Crippen LogP contribution in [0.4, 0.5) is 0 Å². The van der Waals surface area contributed by atoms with E-state index < -0.39 is 0 Å². The molecule has 1 aliphatic rings. The highest BCUT2D eigenvalue weighted by Gasteiger charge is 2.27. The van der Waals surface area contributed by atoms with Crippen molar-refractivity contribution in [1.29, 1.82) is 0 Å². The fourth-order valence-corrected chi connectivity index (χ4v) is 3.80. The molecular weight excluding hydrogens is 340 g/mol. The van der Waals surface area contributed by atoms with Gasteiger partial charge in [-0.3, -0.25) is 9.80 Å². The molecule has 27 heavy (non-hydrogen) atoms. The van der Waals surface area contributed by atoms with E-state index in [1.165, 1.54) is 5.56 Å². The van der Waals surface area contributed by atoms with Crippen LogP contribution in [0, 0.1) is 0 Å². The number of hydrogen-bond donors (Lipinski definition) is 1. The molecule has 6 heteroatoms. The Morgan fingerprint density at radius 3 is 2.67 bits per heavy atom. The van der Waals surface area contributed by atoms with Crippen LogP contribution in [-0.4, -0.2) is 63.3 Å². The van der Waals surface area contributed by atoms with Gasteiger partial charge in [-0.25, -0.2) is 4.98 Å². The lowest BCUT2D eigenvalue weighted by molar-refractivity contribution is 0.0482. The van der Waals surface area contributed by atoms with Crippen molar-refractivity contribution in [3.63, 3.8) is 0 Å². The first-order chi connectivity index (χ1) is 13.2. The van der Waals surface area contributed by atoms with Crippen molar-refractivity contribution in [2.75, 3.05) is 32.8 Å². The minimum absolute atomic E-state index is 0.224. The van der Waals surface area contributed by atoms with Gasteiger partial charge in [-0.05, 0) is 38.0 Å². The van der Waals surface area contributed by atoms with Gasteiger partial charge in [0.05, 0.1) is 13.2 Å². The molecule has 0 amide bonds. The Morgan fingerprint density at radius 2 is 1.96 bits per heavy atom. The molecule has 1 aromatic heterocycles. The third-order valence-corrected chi connectivity index (χ3v) is 5.28. The second-order valence-corrected chi connectivity index (χ2v) is 7.08. The number of nitrogens with zero attached hydrogens (tertiary/aromatic N) is 4. The first-order valence-electron chi connectivity index (χ1n) is 10.0. The first-order valence-corrected chi connectivity index (χ1v) is 10.0. The van der Waals surface area contributed by atoms with E-state index in [1.54, 1.807) is 0 Å². The largest absolute Gasteiger partial charge is 0.494 e. The molecule has 2 heterocycles. The number of benzene rings is 1. The lowest BCUT2D eigenvalue weighted by Crippen LogP contribution is -2.52. The topological polar surface area (TPSA) is 53.8 Å². The molecule has 1 aromatic carbocycles. The molecule has 0 saturated carbocycles. The summed E-state index contributed by atoms with van der Waals surface area (Å²) in [6, 6.07) is 8.73. The molecular formula is C21H32N4O2. The quantitative estimate of drug-likeness (QED) is 0.732. The molecule has 3 rings (SSSR count). The Labute approximate surface area is 162 Å². The average Bonchev–Trinajstić information content (AvgIpc) is 3.13. The Hall–Kier alpha value is -1.89. The van der Waals surface area contributed by atoms with Gasteiger partial charge in [-0.15, -0.1) is 0 Å². The fraction of sp³-hybridized carbons (Fsp3) is 0.571. The average molecular weight is 373 g/mol. The van der Waals surface area contributed by atoms with Crippen LogP contribution in [0.15, 0.2) is 36.7 Å². The van der Waals surface area contributed by atoms with Crippen molar-refractivity contribution < 1.29 is 9.84 Å². The summed E-state index contributed by atoms with van der Waals surface area (Å²) in [7, 11) is 0. The summed E-state index contributed by atoms with van der Waals surface area (Å²) in [5, 5.41) is 9.54. The number of aliphatic hydroxyl groups is 1. The molecule has 0 unspecified atom stereocenters. The fourth-order valence-electron chi connectivity index (χ4n) is 3.80. The summed E-state index contributed by atoms with van der Waals surface area (Å²) in [6.45, 7) is 10.8. The van der Waals surface area contributed by atoms with Crippen LogP contribution in [-0.2, 0) is 19.6 Å². The van der Waals surface area contributed by atoms with Crippen LogP contribution >= 0.6 is 0 Å². The highest BCUT2D eigenvalue weighted by atomic mass is 16.5. The molecule has 0 radical (unpaired) electrons. The van der Waals surface area contributed by atoms with Gasteiger partial charge in [0.25, 0.3) is 0 Å². The summed E-state index contributed by atoms with van der Waals surface area (Å²) in [6.07, 6.45) is 4.73. The van der Waals surface area contributed by atoms with Gasteiger partial charge < -0.3 is 14.4 Å². The maximum atomic E-state index is 9.54. The number of rotatable bonds is 9. The number of aromatic nitrogens is 2. The van der Waals surface area contributed by atoms with Gasteiger partial charge in [0.2, 0.25) is 0 Å². The summed E-state index contributed by atoms with van der Waals surface area (Å²) < 4.78 is 7.73. The Kier molecular flexibility index (Phi) is 7.26. The monoisotopic (exact) mass is 372 g/mol. The van der Waals surface area contributed by atoms with E-state index in [0.717, 1.165) is 57.3 Å². The van der Waals surface area contributed by atoms with Crippen molar-refractivity contribution >= 4 is 0 Å². The van der Waals surface area contributed by atoms with Crippen LogP contribution in [0.3, 0.4) is 0 Å². The van der Waals surface area contributed by atoms with Crippen LogP contribution in [0.1, 0.15) is 31.7 Å². The zero-order valence-electron chi connectivity index (χ0n) is 16.5. The maximum Gasteiger partial charge on any atom is 0.122 e. The molecule has 1 fully saturated rings. The molecule has 148 valence electrons. The van der Waals surface area contributed by atoms with Crippen LogP contribution in [0.5, 0.6) is 5.75 Å². The second-order valence-electron chi connectivity index (χ2n) is 7.08. The predicted molar refractivity (Wildman–Crippen MR) is 107 cm³/mol.